The summed E-state index contributed by atoms with van der Waals surface area (Å²) in [4.78, 5) is 0. The Hall–Kier alpha value is -0.480. The molecule has 0 aliphatic carbocycles. The fourth-order valence-electron chi connectivity index (χ4n) is 1.33. The molecule has 1 aromatic heterocycles. The van der Waals surface area contributed by atoms with Gasteiger partial charge in [0.1, 0.15) is 0 Å². The van der Waals surface area contributed by atoms with Crippen LogP contribution < -0.4 is 5.32 Å². The van der Waals surface area contributed by atoms with Crippen LogP contribution in [0.25, 0.3) is 0 Å². The molecule has 74 valence electrons. The maximum Gasteiger partial charge on any atom is 0.0912 e. The van der Waals surface area contributed by atoms with E-state index in [2.05, 4.69) is 27.9 Å². The number of hydrogen-bond donors (Lipinski definition) is 1. The van der Waals surface area contributed by atoms with Crippen molar-refractivity contribution >= 4 is 11.7 Å². The summed E-state index contributed by atoms with van der Waals surface area (Å²) in [5.74, 6) is 0. The van der Waals surface area contributed by atoms with Gasteiger partial charge in [0.25, 0.3) is 0 Å². The van der Waals surface area contributed by atoms with Crippen LogP contribution in [0.1, 0.15) is 44.8 Å². The average Bonchev–Trinajstić information content (AvgIpc) is 2.65. The van der Waals surface area contributed by atoms with Gasteiger partial charge in [0, 0.05) is 0 Å². The first kappa shape index (κ1) is 10.6. The van der Waals surface area contributed by atoms with Crippen LogP contribution in [-0.2, 0) is 0 Å². The number of unbranched alkanes of at least 4 members (excludes halogenated alkanes) is 1. The summed E-state index contributed by atoms with van der Waals surface area (Å²) < 4.78 is 8.28. The lowest BCUT2D eigenvalue weighted by molar-refractivity contribution is 0.487. The lowest BCUT2D eigenvalue weighted by atomic mass is 10.1. The van der Waals surface area contributed by atoms with E-state index in [-0.39, 0.29) is 0 Å². The molecule has 0 saturated carbocycles. The van der Waals surface area contributed by atoms with E-state index >= 15 is 0 Å². The zero-order valence-corrected chi connectivity index (χ0v) is 9.10. The van der Waals surface area contributed by atoms with Crippen molar-refractivity contribution in [2.45, 2.75) is 39.2 Å². The Balaban J connectivity index is 2.47. The van der Waals surface area contributed by atoms with Crippen molar-refractivity contribution in [2.24, 2.45) is 0 Å². The molecule has 0 aliphatic rings. The second-order valence-electron chi connectivity index (χ2n) is 3.08. The van der Waals surface area contributed by atoms with E-state index in [4.69, 9.17) is 0 Å². The van der Waals surface area contributed by atoms with E-state index in [0.29, 0.717) is 6.04 Å². The quantitative estimate of drug-likeness (QED) is 0.764. The number of hydrogen-bond acceptors (Lipinski definition) is 4. The summed E-state index contributed by atoms with van der Waals surface area (Å²) in [5, 5.41) is 3.42. The van der Waals surface area contributed by atoms with E-state index < -0.39 is 0 Å². The summed E-state index contributed by atoms with van der Waals surface area (Å²) >= 11 is 1.29. The second-order valence-corrected chi connectivity index (χ2v) is 3.64. The van der Waals surface area contributed by atoms with Crippen LogP contribution in [0, 0.1) is 0 Å². The maximum absolute atomic E-state index is 4.26. The highest BCUT2D eigenvalue weighted by atomic mass is 32.1. The van der Waals surface area contributed by atoms with E-state index in [1.165, 1.54) is 24.6 Å². The van der Waals surface area contributed by atoms with Crippen LogP contribution in [0.2, 0.25) is 0 Å². The molecular formula is C9H17N3S. The number of aromatic nitrogens is 2. The summed E-state index contributed by atoms with van der Waals surface area (Å²) in [6.45, 7) is 5.33. The smallest absolute Gasteiger partial charge is 0.0912 e. The molecule has 1 heterocycles. The Morgan fingerprint density at radius 3 is 2.92 bits per heavy atom. The van der Waals surface area contributed by atoms with Crippen LogP contribution in [0.15, 0.2) is 6.20 Å². The Morgan fingerprint density at radius 2 is 2.38 bits per heavy atom. The highest BCUT2D eigenvalue weighted by Crippen LogP contribution is 2.17. The number of nitrogens with one attached hydrogen (secondary N) is 1. The van der Waals surface area contributed by atoms with Gasteiger partial charge in [0.05, 0.1) is 29.7 Å². The highest BCUT2D eigenvalue weighted by molar-refractivity contribution is 6.99. The molecule has 0 aromatic carbocycles. The monoisotopic (exact) mass is 199 g/mol. The summed E-state index contributed by atoms with van der Waals surface area (Å²) in [5.41, 5.74) is 1.10. The Morgan fingerprint density at radius 1 is 1.54 bits per heavy atom. The van der Waals surface area contributed by atoms with Gasteiger partial charge in [-0.2, -0.15) is 8.75 Å². The van der Waals surface area contributed by atoms with Crippen LogP contribution in [0.4, 0.5) is 0 Å². The van der Waals surface area contributed by atoms with Crippen molar-refractivity contribution in [3.63, 3.8) is 0 Å². The second kappa shape index (κ2) is 6.05. The minimum atomic E-state index is 0.406. The number of nitrogens with zero attached hydrogens (tertiary/aromatic N) is 2. The highest BCUT2D eigenvalue weighted by Gasteiger charge is 2.11. The van der Waals surface area contributed by atoms with Gasteiger partial charge in [-0.15, -0.1) is 0 Å². The molecule has 4 heteroatoms. The molecule has 1 aromatic rings. The largest absolute Gasteiger partial charge is 0.309 e. The first-order chi connectivity index (χ1) is 6.38. The Kier molecular flexibility index (Phi) is 4.93. The molecule has 0 bridgehead atoms. The fourth-order valence-corrected chi connectivity index (χ4v) is 1.81. The molecule has 1 unspecified atom stereocenters. The minimum Gasteiger partial charge on any atom is -0.309 e. The predicted molar refractivity (Wildman–Crippen MR) is 55.9 cm³/mol. The Labute approximate surface area is 83.9 Å². The SMILES string of the molecule is CCCCC(NCC)c1cnsn1. The molecule has 0 aliphatic heterocycles. The molecule has 1 N–H and O–H groups in total. The van der Waals surface area contributed by atoms with Crippen LogP contribution in [0.3, 0.4) is 0 Å². The minimum absolute atomic E-state index is 0.406. The van der Waals surface area contributed by atoms with Crippen LogP contribution in [0.5, 0.6) is 0 Å². The molecule has 13 heavy (non-hydrogen) atoms. The van der Waals surface area contributed by atoms with Gasteiger partial charge in [0.2, 0.25) is 0 Å². The molecule has 1 atom stereocenters. The summed E-state index contributed by atoms with van der Waals surface area (Å²) in [7, 11) is 0. The lowest BCUT2D eigenvalue weighted by Crippen LogP contribution is -2.21. The van der Waals surface area contributed by atoms with Crippen molar-refractivity contribution in [3.8, 4) is 0 Å². The summed E-state index contributed by atoms with van der Waals surface area (Å²) in [6, 6.07) is 0.406. The van der Waals surface area contributed by atoms with Crippen molar-refractivity contribution < 1.29 is 0 Å². The third-order valence-corrected chi connectivity index (χ3v) is 2.52. The Bertz CT molecular complexity index is 211. The molecule has 3 nitrogen and oxygen atoms in total. The number of rotatable bonds is 6. The maximum atomic E-state index is 4.26. The summed E-state index contributed by atoms with van der Waals surface area (Å²) in [6.07, 6.45) is 5.51. The molecule has 0 amide bonds. The molecule has 0 spiro atoms. The van der Waals surface area contributed by atoms with Gasteiger partial charge in [-0.05, 0) is 13.0 Å². The molecule has 0 saturated heterocycles. The standard InChI is InChI=1S/C9H17N3S/c1-3-5-6-8(10-4-2)9-7-11-13-12-9/h7-8,10H,3-6H2,1-2H3. The predicted octanol–water partition coefficient (Wildman–Crippen LogP) is 2.38. The first-order valence-electron chi connectivity index (χ1n) is 4.89. The van der Waals surface area contributed by atoms with Gasteiger partial charge in [-0.25, -0.2) is 0 Å². The molecular weight excluding hydrogens is 182 g/mol. The first-order valence-corrected chi connectivity index (χ1v) is 5.62. The van der Waals surface area contributed by atoms with Crippen LogP contribution >= 0.6 is 11.7 Å². The van der Waals surface area contributed by atoms with Gasteiger partial charge < -0.3 is 5.32 Å². The fraction of sp³-hybridized carbons (Fsp3) is 0.778. The van der Waals surface area contributed by atoms with Crippen molar-refractivity contribution in [1.29, 1.82) is 0 Å². The average molecular weight is 199 g/mol. The normalized spacial score (nSPS) is 13.1. The van der Waals surface area contributed by atoms with Crippen molar-refractivity contribution in [1.82, 2.24) is 14.1 Å². The van der Waals surface area contributed by atoms with Gasteiger partial charge in [-0.3, -0.25) is 0 Å². The topological polar surface area (TPSA) is 37.8 Å². The third kappa shape index (κ3) is 3.40. The van der Waals surface area contributed by atoms with Crippen molar-refractivity contribution in [3.05, 3.63) is 11.9 Å². The van der Waals surface area contributed by atoms with Crippen molar-refractivity contribution in [2.75, 3.05) is 6.54 Å². The lowest BCUT2D eigenvalue weighted by Gasteiger charge is -2.14. The molecule has 0 radical (unpaired) electrons. The van der Waals surface area contributed by atoms with E-state index in [1.807, 2.05) is 6.20 Å². The van der Waals surface area contributed by atoms with E-state index in [1.54, 1.807) is 0 Å². The van der Waals surface area contributed by atoms with Gasteiger partial charge >= 0.3 is 0 Å². The van der Waals surface area contributed by atoms with Gasteiger partial charge in [-0.1, -0.05) is 26.7 Å². The zero-order chi connectivity index (χ0) is 9.52. The zero-order valence-electron chi connectivity index (χ0n) is 8.29. The molecule has 0 fully saturated rings. The van der Waals surface area contributed by atoms with Gasteiger partial charge in [0.15, 0.2) is 0 Å². The van der Waals surface area contributed by atoms with E-state index in [9.17, 15) is 0 Å². The molecule has 1 rings (SSSR count). The third-order valence-electron chi connectivity index (χ3n) is 2.03. The van der Waals surface area contributed by atoms with E-state index in [0.717, 1.165) is 18.7 Å². The van der Waals surface area contributed by atoms with Crippen LogP contribution in [-0.4, -0.2) is 15.3 Å².